The van der Waals surface area contributed by atoms with E-state index in [1.807, 2.05) is 12.1 Å². The number of aromatic hydroxyl groups is 1. The van der Waals surface area contributed by atoms with Crippen LogP contribution in [0.3, 0.4) is 0 Å². The third kappa shape index (κ3) is 34.7. The third-order valence-electron chi connectivity index (χ3n) is 10.6. The van der Waals surface area contributed by atoms with Crippen LogP contribution < -0.4 is 4.74 Å². The second-order valence-corrected chi connectivity index (χ2v) is 15.4. The number of ether oxygens (including phenoxy) is 1. The lowest BCUT2D eigenvalue weighted by Crippen LogP contribution is -1.96. The van der Waals surface area contributed by atoms with Gasteiger partial charge in [-0.25, -0.2) is 0 Å². The molecule has 0 saturated carbocycles. The van der Waals surface area contributed by atoms with E-state index in [0.717, 1.165) is 18.8 Å². The van der Waals surface area contributed by atoms with Crippen LogP contribution in [0.4, 0.5) is 0 Å². The molecule has 1 aromatic carbocycles. The van der Waals surface area contributed by atoms with Crippen LogP contribution in [-0.4, -0.2) is 11.7 Å². The molecule has 1 N–H and O–H groups in total. The molecule has 2 heteroatoms. The maximum absolute atomic E-state index is 9.31. The van der Waals surface area contributed by atoms with Crippen molar-refractivity contribution in [2.45, 2.75) is 251 Å². The van der Waals surface area contributed by atoms with Gasteiger partial charge in [0.2, 0.25) is 0 Å². The average molecular weight is 671 g/mol. The number of unbranched alkanes of at least 4 members (excludes halogenated alkanes) is 37. The van der Waals surface area contributed by atoms with Gasteiger partial charge in [-0.05, 0) is 30.7 Å². The van der Waals surface area contributed by atoms with Gasteiger partial charge in [0, 0.05) is 0 Å². The topological polar surface area (TPSA) is 29.5 Å². The normalized spacial score (nSPS) is 11.4. The van der Waals surface area contributed by atoms with Gasteiger partial charge >= 0.3 is 0 Å². The molecular weight excluding hydrogens is 585 g/mol. The molecular formula is C46H86O2. The first kappa shape index (κ1) is 44.8. The van der Waals surface area contributed by atoms with Gasteiger partial charge in [-0.2, -0.15) is 0 Å². The molecule has 0 atom stereocenters. The van der Waals surface area contributed by atoms with Crippen molar-refractivity contribution in [3.05, 3.63) is 24.3 Å². The lowest BCUT2D eigenvalue weighted by Gasteiger charge is -2.06. The monoisotopic (exact) mass is 671 g/mol. The maximum Gasteiger partial charge on any atom is 0.119 e. The maximum atomic E-state index is 9.31. The zero-order chi connectivity index (χ0) is 34.3. The summed E-state index contributed by atoms with van der Waals surface area (Å²) in [4.78, 5) is 0. The fraction of sp³-hybridized carbons (Fsp3) is 0.870. The quantitative estimate of drug-likeness (QED) is 0.0704. The first-order valence-electron chi connectivity index (χ1n) is 22.2. The fourth-order valence-corrected chi connectivity index (χ4v) is 7.27. The van der Waals surface area contributed by atoms with E-state index in [9.17, 15) is 5.11 Å². The number of hydrogen-bond acceptors (Lipinski definition) is 2. The van der Waals surface area contributed by atoms with Crippen molar-refractivity contribution < 1.29 is 9.84 Å². The Kier molecular flexibility index (Phi) is 36.1. The first-order valence-corrected chi connectivity index (χ1v) is 22.2. The molecule has 0 aromatic heterocycles. The van der Waals surface area contributed by atoms with E-state index in [0.29, 0.717) is 5.75 Å². The molecule has 0 spiro atoms. The Hall–Kier alpha value is -1.18. The lowest BCUT2D eigenvalue weighted by molar-refractivity contribution is 0.303. The molecule has 0 amide bonds. The molecule has 0 fully saturated rings. The minimum atomic E-state index is 0.296. The lowest BCUT2D eigenvalue weighted by atomic mass is 10.0. The molecule has 0 aliphatic carbocycles. The molecule has 1 rings (SSSR count). The minimum absolute atomic E-state index is 0.296. The van der Waals surface area contributed by atoms with Crippen LogP contribution >= 0.6 is 0 Å². The van der Waals surface area contributed by atoms with Crippen molar-refractivity contribution in [1.29, 1.82) is 0 Å². The summed E-state index contributed by atoms with van der Waals surface area (Å²) in [6, 6.07) is 7.03. The van der Waals surface area contributed by atoms with Crippen LogP contribution in [-0.2, 0) is 0 Å². The summed E-state index contributed by atoms with van der Waals surface area (Å²) < 4.78 is 5.72. The van der Waals surface area contributed by atoms with E-state index in [1.165, 1.54) is 238 Å². The van der Waals surface area contributed by atoms with Crippen molar-refractivity contribution in [3.8, 4) is 11.5 Å². The second-order valence-electron chi connectivity index (χ2n) is 15.4. The summed E-state index contributed by atoms with van der Waals surface area (Å²) in [7, 11) is 0. The summed E-state index contributed by atoms with van der Waals surface area (Å²) in [6.07, 6.45) is 55.0. The minimum Gasteiger partial charge on any atom is -0.508 e. The molecule has 282 valence electrons. The van der Waals surface area contributed by atoms with E-state index in [1.54, 1.807) is 12.1 Å². The number of phenolic OH excluding ortho intramolecular Hbond substituents is 1. The summed E-state index contributed by atoms with van der Waals surface area (Å²) in [5, 5.41) is 9.31. The van der Waals surface area contributed by atoms with Gasteiger partial charge in [-0.15, -0.1) is 0 Å². The van der Waals surface area contributed by atoms with E-state index >= 15 is 0 Å². The van der Waals surface area contributed by atoms with Crippen LogP contribution in [0.15, 0.2) is 24.3 Å². The Morgan fingerprint density at radius 1 is 0.312 bits per heavy atom. The summed E-state index contributed by atoms with van der Waals surface area (Å²) >= 11 is 0. The van der Waals surface area contributed by atoms with Crippen molar-refractivity contribution in [2.75, 3.05) is 6.61 Å². The Morgan fingerprint density at radius 2 is 0.521 bits per heavy atom. The summed E-state index contributed by atoms with van der Waals surface area (Å²) in [6.45, 7) is 3.09. The molecule has 1 aromatic rings. The Labute approximate surface area is 302 Å². The van der Waals surface area contributed by atoms with Crippen molar-refractivity contribution in [3.63, 3.8) is 0 Å². The van der Waals surface area contributed by atoms with Crippen LogP contribution in [0.1, 0.15) is 251 Å². The molecule has 0 unspecified atom stereocenters. The fourth-order valence-electron chi connectivity index (χ4n) is 7.27. The molecule has 0 radical (unpaired) electrons. The highest BCUT2D eigenvalue weighted by Crippen LogP contribution is 2.19. The summed E-state index contributed by atoms with van der Waals surface area (Å²) in [5.41, 5.74) is 0. The van der Waals surface area contributed by atoms with E-state index < -0.39 is 0 Å². The summed E-state index contributed by atoms with van der Waals surface area (Å²) in [5.74, 6) is 1.15. The van der Waals surface area contributed by atoms with E-state index in [4.69, 9.17) is 4.74 Å². The van der Waals surface area contributed by atoms with E-state index in [-0.39, 0.29) is 0 Å². The van der Waals surface area contributed by atoms with Crippen LogP contribution in [0.2, 0.25) is 0 Å². The zero-order valence-corrected chi connectivity index (χ0v) is 32.7. The molecule has 2 nitrogen and oxygen atoms in total. The van der Waals surface area contributed by atoms with Gasteiger partial charge in [0.05, 0.1) is 6.61 Å². The SMILES string of the molecule is CCCCCCCCCCCCCCCCCCCCCCCCCCCCCCCCCCCCCCCCOc1ccc(O)cc1. The van der Waals surface area contributed by atoms with Gasteiger partial charge in [0.25, 0.3) is 0 Å². The molecule has 0 aliphatic heterocycles. The smallest absolute Gasteiger partial charge is 0.119 e. The molecule has 0 heterocycles. The van der Waals surface area contributed by atoms with E-state index in [2.05, 4.69) is 6.92 Å². The van der Waals surface area contributed by atoms with Crippen LogP contribution in [0, 0.1) is 0 Å². The highest BCUT2D eigenvalue weighted by atomic mass is 16.5. The van der Waals surface area contributed by atoms with Crippen LogP contribution in [0.5, 0.6) is 11.5 Å². The predicted octanol–water partition coefficient (Wildman–Crippen LogP) is 16.6. The Morgan fingerprint density at radius 3 is 0.750 bits per heavy atom. The largest absolute Gasteiger partial charge is 0.508 e. The number of hydrogen-bond donors (Lipinski definition) is 1. The number of benzene rings is 1. The van der Waals surface area contributed by atoms with Gasteiger partial charge in [-0.3, -0.25) is 0 Å². The highest BCUT2D eigenvalue weighted by Gasteiger charge is 1.99. The molecule has 0 aliphatic rings. The van der Waals surface area contributed by atoms with Gasteiger partial charge in [0.1, 0.15) is 11.5 Å². The first-order chi connectivity index (χ1) is 23.8. The highest BCUT2D eigenvalue weighted by molar-refractivity contribution is 5.29. The number of rotatable bonds is 40. The van der Waals surface area contributed by atoms with Crippen LogP contribution in [0.25, 0.3) is 0 Å². The molecule has 0 bridgehead atoms. The standard InChI is InChI=1S/C46H86O2/c1-2-3-4-5-6-7-8-9-10-11-12-13-14-15-16-17-18-19-20-21-22-23-24-25-26-27-28-29-30-31-32-33-34-35-36-37-38-39-44-48-46-42-40-45(47)41-43-46/h40-43,47H,2-39,44H2,1H3. The number of phenols is 1. The second kappa shape index (κ2) is 38.6. The average Bonchev–Trinajstić information content (AvgIpc) is 3.10. The van der Waals surface area contributed by atoms with Crippen molar-refractivity contribution in [2.24, 2.45) is 0 Å². The van der Waals surface area contributed by atoms with Gasteiger partial charge in [-0.1, -0.05) is 244 Å². The zero-order valence-electron chi connectivity index (χ0n) is 32.7. The predicted molar refractivity (Wildman–Crippen MR) is 215 cm³/mol. The molecule has 0 saturated heterocycles. The Bertz CT molecular complexity index is 713. The van der Waals surface area contributed by atoms with Crippen molar-refractivity contribution >= 4 is 0 Å². The van der Waals surface area contributed by atoms with Crippen molar-refractivity contribution in [1.82, 2.24) is 0 Å². The van der Waals surface area contributed by atoms with Gasteiger partial charge < -0.3 is 9.84 Å². The molecule has 48 heavy (non-hydrogen) atoms. The Balaban J connectivity index is 1.61. The van der Waals surface area contributed by atoms with Gasteiger partial charge in [0.15, 0.2) is 0 Å². The third-order valence-corrected chi connectivity index (χ3v) is 10.6.